The number of halogens is 1. The van der Waals surface area contributed by atoms with Gasteiger partial charge < -0.3 is 95.3 Å². The summed E-state index contributed by atoms with van der Waals surface area (Å²) < 4.78 is 73.1. The summed E-state index contributed by atoms with van der Waals surface area (Å²) in [4.78, 5) is 53.9. The summed E-state index contributed by atoms with van der Waals surface area (Å²) in [6.07, 6.45) is 4.80. The van der Waals surface area contributed by atoms with Crippen molar-refractivity contribution in [2.45, 2.75) is 244 Å². The molecule has 12 rings (SSSR count). The molecular weight excluding hydrogens is 1730 g/mol. The SMILES string of the molecule is CC1=Nc2cc[c-]cc2C1(C)C.CC1=[N+](CCOCCNC(=O)C2(C)CCc3c(C)c(O)c(C)c(C)c3O2)c2ccc(C)cc2C1(C)C.Cc1c(C)c2c(c(C)c1O)CCC(C)(C(=O)NCCOCCBr)O2.Cc1c(C)c2c(c(C)c1O)CCC(C)(C(=O)NCCOCCO)O2.Cc1c(C)c2c(c(C)c1O)CCC(C)(C(=O)O)O2.NCCOCCO.O=S(=O)=O.[K+]. The monoisotopic (exact) mass is 1860 g/mol. The van der Waals surface area contributed by atoms with E-state index in [9.17, 15) is 44.7 Å². The van der Waals surface area contributed by atoms with Gasteiger partial charge in [0.15, 0.2) is 29.1 Å². The third-order valence-corrected chi connectivity index (χ3v) is 25.4. The predicted molar refractivity (Wildman–Crippen MR) is 486 cm³/mol. The van der Waals surface area contributed by atoms with Gasteiger partial charge in [-0.3, -0.25) is 19.4 Å². The maximum absolute atomic E-state index is 13.0. The number of aliphatic hydroxyl groups excluding tert-OH is 2. The zero-order valence-corrected chi connectivity index (χ0v) is 84.0. The van der Waals surface area contributed by atoms with Gasteiger partial charge in [0, 0.05) is 104 Å². The third kappa shape index (κ3) is 26.2. The molecule has 126 heavy (non-hydrogen) atoms. The summed E-state index contributed by atoms with van der Waals surface area (Å²) >= 11 is 3.29. The Bertz CT molecular complexity index is 4960. The number of carbonyl (C=O) groups excluding carboxylic acids is 3. The molecule has 0 aliphatic carbocycles. The fraction of sp³-hybridized carbons (Fsp3) is 0.558. The van der Waals surface area contributed by atoms with Crippen molar-refractivity contribution in [1.29, 1.82) is 0 Å². The number of nitrogens with zero attached hydrogens (tertiary/aromatic N) is 2. The molecule has 4 atom stereocenters. The first kappa shape index (κ1) is 109. The van der Waals surface area contributed by atoms with Crippen LogP contribution in [0.15, 0.2) is 41.4 Å². The number of fused-ring (bicyclic) bond motifs is 6. The number of aliphatic carboxylic acids is 1. The number of ether oxygens (including phenoxy) is 8. The van der Waals surface area contributed by atoms with E-state index >= 15 is 0 Å². The molecule has 0 saturated carbocycles. The van der Waals surface area contributed by atoms with Gasteiger partial charge >= 0.3 is 68.0 Å². The van der Waals surface area contributed by atoms with E-state index in [1.165, 1.54) is 33.8 Å². The molecule has 4 unspecified atom stereocenters. The predicted octanol–water partition coefficient (Wildman–Crippen LogP) is 9.70. The van der Waals surface area contributed by atoms with E-state index in [0.717, 1.165) is 118 Å². The Morgan fingerprint density at radius 2 is 0.825 bits per heavy atom. The zero-order chi connectivity index (χ0) is 93.8. The molecule has 3 amide bonds. The first-order chi connectivity index (χ1) is 58.6. The Labute approximate surface area is 796 Å². The van der Waals surface area contributed by atoms with Gasteiger partial charge in [0.05, 0.1) is 64.9 Å². The standard InChI is InChI=1S/C30H40N2O4.C18H26BrNO4.C18H27NO5.C14H18O4.C11H12N.C4H11NO2.K.O3S/c1-18-9-10-25-24(17-18)29(6,7)22(5)32(25)14-16-35-15-13-31-28(34)30(8)12-11-23-21(4)26(33)19(2)20(3)27(23)36-30;1-11-12(2)16-14(13(3)15(11)21)5-6-18(4,24-16)17(22)20-8-10-23-9-7-19;1-11-12(2)16-14(13(3)15(11)21)5-6-18(4,24-16)17(22)19-7-9-23-10-8-20;1-7-8(2)12-10(9(3)11(7)15)5-6-14(4,18-12)13(16)17;1-8-11(2,3)9-6-4-5-7-10(9)12-8;5-1-3-7-4-2-6;;1-4(2)3/h9-10,17H,11-16H2,1-8H3,(H-,31,33,34);21H,5-10H2,1-4H3,(H,20,22);20-21H,5-10H2,1-4H3,(H,19,22);15H,5-6H2,1-4H3,(H,16,17);5-7H,1-3H3;6H,1-5H2;;/q;;;;-1;;+1;/p+1. The number of nitrogens with one attached hydrogen (secondary N) is 3. The van der Waals surface area contributed by atoms with Crippen LogP contribution in [-0.4, -0.2) is 215 Å². The molecule has 12 N–H and O–H groups in total. The van der Waals surface area contributed by atoms with Crippen LogP contribution in [-0.2, 0) is 85.2 Å². The Hall–Kier alpha value is -7.60. The minimum absolute atomic E-state index is 0. The van der Waals surface area contributed by atoms with E-state index in [2.05, 4.69) is 114 Å². The van der Waals surface area contributed by atoms with Gasteiger partial charge in [-0.2, -0.15) is 22.8 Å². The smallest absolute Gasteiger partial charge is 0.507 e. The largest absolute Gasteiger partial charge is 1.00 e. The molecule has 6 aliphatic rings. The molecule has 0 bridgehead atoms. The molecule has 0 saturated heterocycles. The number of phenolic OH excluding ortho intramolecular Hbond substituents is 4. The number of phenols is 4. The van der Waals surface area contributed by atoms with Gasteiger partial charge in [-0.15, -0.1) is 24.3 Å². The average molecular weight is 1860 g/mol. The summed E-state index contributed by atoms with van der Waals surface area (Å²) in [5, 5.41) is 76.3. The molecule has 6 heterocycles. The normalized spacial score (nSPS) is 18.9. The number of aliphatic hydroxyl groups is 2. The third-order valence-electron chi connectivity index (χ3n) is 25.1. The van der Waals surface area contributed by atoms with Crippen molar-refractivity contribution in [3.05, 3.63) is 148 Å². The number of aliphatic imine (C=N–C) groups is 1. The average Bonchev–Trinajstić information content (AvgIpc) is 1.67. The Morgan fingerprint density at radius 3 is 1.17 bits per heavy atom. The van der Waals surface area contributed by atoms with Crippen LogP contribution in [0.2, 0.25) is 0 Å². The number of carboxylic acids is 1. The molecule has 6 aliphatic heterocycles. The van der Waals surface area contributed by atoms with Gasteiger partial charge in [0.1, 0.15) is 52.6 Å². The number of alkyl halides is 1. The number of rotatable bonds is 24. The van der Waals surface area contributed by atoms with E-state index < -0.39 is 39.0 Å². The molecule has 28 nitrogen and oxygen atoms in total. The van der Waals surface area contributed by atoms with Crippen LogP contribution in [0.1, 0.15) is 201 Å². The van der Waals surface area contributed by atoms with Crippen LogP contribution in [0.3, 0.4) is 0 Å². The molecule has 0 aromatic heterocycles. The van der Waals surface area contributed by atoms with Crippen molar-refractivity contribution >= 4 is 73.0 Å². The summed E-state index contributed by atoms with van der Waals surface area (Å²) in [7, 11) is -3.11. The van der Waals surface area contributed by atoms with Crippen LogP contribution in [0.5, 0.6) is 46.0 Å². The van der Waals surface area contributed by atoms with Crippen molar-refractivity contribution in [2.75, 3.05) is 104 Å². The number of hydrogen-bond donors (Lipinski definition) is 11. The minimum atomic E-state index is -3.11. The molecule has 31 heteroatoms. The minimum Gasteiger partial charge on any atom is -0.507 e. The topological polar surface area (TPSA) is 412 Å². The van der Waals surface area contributed by atoms with Crippen LogP contribution < -0.4 is 92.0 Å². The zero-order valence-electron chi connectivity index (χ0n) is 78.4. The fourth-order valence-corrected chi connectivity index (χ4v) is 15.9. The summed E-state index contributed by atoms with van der Waals surface area (Å²) in [6.45, 7) is 51.3. The van der Waals surface area contributed by atoms with Crippen molar-refractivity contribution in [3.8, 4) is 46.0 Å². The number of hydrogen-bond acceptors (Lipinski definition) is 23. The number of carbonyl (C=O) groups is 4. The molecule has 690 valence electrons. The van der Waals surface area contributed by atoms with Crippen LogP contribution in [0.25, 0.3) is 0 Å². The molecule has 0 radical (unpaired) electrons. The number of carboxylic acid groups (broad SMARTS) is 1. The number of nitrogens with two attached hydrogens (primary N) is 1. The van der Waals surface area contributed by atoms with Gasteiger partial charge in [-0.25, -0.2) is 4.79 Å². The summed E-state index contributed by atoms with van der Waals surface area (Å²) in [5.74, 6) is 2.67. The summed E-state index contributed by atoms with van der Waals surface area (Å²) in [6, 6.07) is 15.7. The molecular formula is C95H135BrKN6O22S+. The van der Waals surface area contributed by atoms with E-state index in [1.54, 1.807) is 13.8 Å². The van der Waals surface area contributed by atoms with Crippen molar-refractivity contribution in [1.82, 2.24) is 16.0 Å². The quantitative estimate of drug-likeness (QED) is 0.00882. The number of amides is 3. The molecule has 0 fully saturated rings. The molecule has 6 aromatic carbocycles. The van der Waals surface area contributed by atoms with E-state index in [-0.39, 0.29) is 106 Å². The second-order valence-electron chi connectivity index (χ2n) is 34.3. The number of aryl methyl sites for hydroxylation is 1. The van der Waals surface area contributed by atoms with Gasteiger partial charge in [-0.05, 0) is 248 Å². The molecule has 0 spiro atoms. The number of benzene rings is 6. The van der Waals surface area contributed by atoms with Crippen LogP contribution in [0.4, 0.5) is 11.4 Å². The first-order valence-electron chi connectivity index (χ1n) is 42.5. The maximum Gasteiger partial charge on any atom is 1.00 e. The van der Waals surface area contributed by atoms with Gasteiger partial charge in [0.2, 0.25) is 11.3 Å². The Morgan fingerprint density at radius 1 is 0.484 bits per heavy atom. The second-order valence-corrected chi connectivity index (χ2v) is 35.5. The van der Waals surface area contributed by atoms with E-state index in [1.807, 2.05) is 115 Å². The number of aromatic hydroxyl groups is 4. The second kappa shape index (κ2) is 47.8. The van der Waals surface area contributed by atoms with Crippen LogP contribution >= 0.6 is 15.9 Å². The molecule has 6 aromatic rings. The Kier molecular flexibility index (Phi) is 41.3. The van der Waals surface area contributed by atoms with Crippen LogP contribution in [0, 0.1) is 96.1 Å². The van der Waals surface area contributed by atoms with E-state index in [4.69, 9.17) is 66.5 Å². The van der Waals surface area contributed by atoms with Gasteiger partial charge in [-0.1, -0.05) is 41.4 Å². The van der Waals surface area contributed by atoms with Gasteiger partial charge in [0.25, 0.3) is 17.7 Å². The van der Waals surface area contributed by atoms with Crippen molar-refractivity contribution in [2.24, 2.45) is 10.7 Å². The van der Waals surface area contributed by atoms with Crippen molar-refractivity contribution < 1.29 is 161 Å². The van der Waals surface area contributed by atoms with Crippen molar-refractivity contribution in [3.63, 3.8) is 0 Å². The maximum atomic E-state index is 13.0. The fourth-order valence-electron chi connectivity index (χ4n) is 15.6. The first-order valence-corrected chi connectivity index (χ1v) is 44.6. The summed E-state index contributed by atoms with van der Waals surface area (Å²) in [5.41, 5.74) is 23.9. The van der Waals surface area contributed by atoms with E-state index in [0.29, 0.717) is 153 Å². The Balaban J connectivity index is 0.000000279.